The van der Waals surface area contributed by atoms with E-state index >= 15 is 0 Å². The summed E-state index contributed by atoms with van der Waals surface area (Å²) in [5.41, 5.74) is -0.271. The average molecular weight is 387 g/mol. The maximum atomic E-state index is 12.7. The summed E-state index contributed by atoms with van der Waals surface area (Å²) in [6, 6.07) is 0. The minimum Gasteiger partial charge on any atom is -0.393 e. The molecule has 0 spiro atoms. The summed E-state index contributed by atoms with van der Waals surface area (Å²) in [6.45, 7) is 4.96. The van der Waals surface area contributed by atoms with Crippen molar-refractivity contribution in [3.63, 3.8) is 0 Å². The lowest BCUT2D eigenvalue weighted by Crippen LogP contribution is -2.60. The molecule has 9 atom stereocenters. The number of fused-ring (bicyclic) bond motifs is 5. The van der Waals surface area contributed by atoms with Crippen LogP contribution in [-0.2, 0) is 9.53 Å². The number of carbonyl (C=O) groups is 1. The average Bonchev–Trinajstić information content (AvgIpc) is 2.73. The molecule has 2 N–H and O–H groups in total. The van der Waals surface area contributed by atoms with Gasteiger partial charge in [0.1, 0.15) is 0 Å². The lowest BCUT2D eigenvalue weighted by atomic mass is 9.46. The van der Waals surface area contributed by atoms with Gasteiger partial charge in [0.15, 0.2) is 12.1 Å². The zero-order chi connectivity index (χ0) is 16.6. The molecule has 0 radical (unpaired) electrons. The van der Waals surface area contributed by atoms with E-state index in [1.54, 1.807) is 0 Å². The van der Waals surface area contributed by atoms with Crippen molar-refractivity contribution in [2.75, 3.05) is 6.61 Å². The third-order valence-corrected chi connectivity index (χ3v) is 8.64. The van der Waals surface area contributed by atoms with E-state index in [9.17, 15) is 15.0 Å². The summed E-state index contributed by atoms with van der Waals surface area (Å²) in [7, 11) is 0. The molecule has 130 valence electrons. The lowest BCUT2D eigenvalue weighted by Gasteiger charge is -2.60. The number of rotatable bonds is 0. The summed E-state index contributed by atoms with van der Waals surface area (Å²) in [4.78, 5) is 12.6. The van der Waals surface area contributed by atoms with E-state index in [4.69, 9.17) is 4.74 Å². The van der Waals surface area contributed by atoms with Crippen molar-refractivity contribution < 1.29 is 19.7 Å². The molecule has 4 nitrogen and oxygen atoms in total. The van der Waals surface area contributed by atoms with Gasteiger partial charge in [-0.2, -0.15) is 0 Å². The van der Waals surface area contributed by atoms with Crippen LogP contribution in [0.1, 0.15) is 46.0 Å². The largest absolute Gasteiger partial charge is 0.393 e. The molecule has 0 aromatic heterocycles. The number of alkyl halides is 1. The number of aliphatic hydroxyl groups is 2. The number of Topliss-reactive ketones (excluding diaryl/α,β-unsaturated/α-hetero) is 1. The van der Waals surface area contributed by atoms with Crippen molar-refractivity contribution in [2.45, 2.75) is 63.2 Å². The first-order valence-electron chi connectivity index (χ1n) is 8.93. The summed E-state index contributed by atoms with van der Waals surface area (Å²) >= 11 is 3.57. The van der Waals surface area contributed by atoms with Gasteiger partial charge in [-0.1, -0.05) is 29.8 Å². The lowest BCUT2D eigenvalue weighted by molar-refractivity contribution is -0.242. The Balaban J connectivity index is 1.69. The van der Waals surface area contributed by atoms with Gasteiger partial charge in [-0.3, -0.25) is 4.79 Å². The maximum absolute atomic E-state index is 12.7. The number of halogens is 1. The van der Waals surface area contributed by atoms with Crippen molar-refractivity contribution >= 4 is 21.7 Å². The van der Waals surface area contributed by atoms with Crippen LogP contribution in [-0.4, -0.2) is 39.8 Å². The number of aliphatic hydroxyl groups excluding tert-OH is 2. The van der Waals surface area contributed by atoms with Crippen LogP contribution in [0, 0.1) is 34.5 Å². The van der Waals surface area contributed by atoms with Gasteiger partial charge in [0.05, 0.1) is 17.5 Å². The molecular weight excluding hydrogens is 360 g/mol. The van der Waals surface area contributed by atoms with Gasteiger partial charge in [-0.25, -0.2) is 0 Å². The van der Waals surface area contributed by atoms with Crippen LogP contribution in [0.2, 0.25) is 0 Å². The van der Waals surface area contributed by atoms with E-state index in [-0.39, 0.29) is 33.6 Å². The summed E-state index contributed by atoms with van der Waals surface area (Å²) in [6.07, 6.45) is 3.04. The van der Waals surface area contributed by atoms with Crippen LogP contribution in [0.4, 0.5) is 0 Å². The number of ketones is 1. The molecule has 0 amide bonds. The van der Waals surface area contributed by atoms with E-state index in [2.05, 4.69) is 29.8 Å². The number of carbonyl (C=O) groups excluding carboxylic acids is 1. The highest BCUT2D eigenvalue weighted by Gasteiger charge is 2.64. The van der Waals surface area contributed by atoms with Gasteiger partial charge in [-0.15, -0.1) is 0 Å². The third kappa shape index (κ3) is 2.16. The van der Waals surface area contributed by atoms with Crippen molar-refractivity contribution in [3.8, 4) is 0 Å². The fourth-order valence-electron chi connectivity index (χ4n) is 6.45. The Kier molecular flexibility index (Phi) is 3.77. The Morgan fingerprint density at radius 2 is 1.91 bits per heavy atom. The molecule has 4 fully saturated rings. The first kappa shape index (κ1) is 16.5. The fourth-order valence-corrected chi connectivity index (χ4v) is 7.38. The molecule has 1 heterocycles. The Labute approximate surface area is 146 Å². The zero-order valence-corrected chi connectivity index (χ0v) is 15.5. The second-order valence-electron chi connectivity index (χ2n) is 8.82. The van der Waals surface area contributed by atoms with Crippen molar-refractivity contribution in [1.29, 1.82) is 0 Å². The molecule has 0 bridgehead atoms. The van der Waals surface area contributed by atoms with Crippen LogP contribution in [0.5, 0.6) is 0 Å². The second kappa shape index (κ2) is 5.26. The van der Waals surface area contributed by atoms with Crippen LogP contribution in [0.15, 0.2) is 0 Å². The van der Waals surface area contributed by atoms with E-state index in [1.165, 1.54) is 0 Å². The van der Waals surface area contributed by atoms with Crippen LogP contribution >= 0.6 is 15.9 Å². The second-order valence-corrected chi connectivity index (χ2v) is 9.93. The highest BCUT2D eigenvalue weighted by molar-refractivity contribution is 9.10. The van der Waals surface area contributed by atoms with Crippen molar-refractivity contribution in [2.24, 2.45) is 34.5 Å². The van der Waals surface area contributed by atoms with E-state index in [1.807, 2.05) is 0 Å². The van der Waals surface area contributed by atoms with Crippen molar-refractivity contribution in [3.05, 3.63) is 0 Å². The normalized spacial score (nSPS) is 59.2. The molecular formula is C18H27BrO4. The van der Waals surface area contributed by atoms with E-state index in [0.29, 0.717) is 30.6 Å². The SMILES string of the molecule is C[C@]12CO[C@H](O)C[C@@H]1CC(O)C1[C@@H]2CC[C@]2(C)C(=O)[C@H](Br)C[C@@H]12. The minimum atomic E-state index is -0.689. The quantitative estimate of drug-likeness (QED) is 0.627. The third-order valence-electron chi connectivity index (χ3n) is 7.85. The maximum Gasteiger partial charge on any atom is 0.154 e. The molecule has 3 saturated carbocycles. The molecule has 4 rings (SSSR count). The smallest absolute Gasteiger partial charge is 0.154 e. The molecule has 0 aromatic rings. The standard InChI is InChI=1S/C18H27BrO4/c1-17-4-3-10-15(11(17)7-12(19)16(17)22)13(20)5-9-6-14(21)23-8-18(9,10)2/h9-15,20-21H,3-8H2,1-2H3/t9-,10-,11-,12+,13?,14-,15?,17-,18-/m0/s1. The summed E-state index contributed by atoms with van der Waals surface area (Å²) in [5.74, 6) is 1.46. The van der Waals surface area contributed by atoms with Gasteiger partial charge >= 0.3 is 0 Å². The van der Waals surface area contributed by atoms with Crippen molar-refractivity contribution in [1.82, 2.24) is 0 Å². The number of hydrogen-bond donors (Lipinski definition) is 2. The predicted octanol–water partition coefficient (Wildman–Crippen LogP) is 2.50. The van der Waals surface area contributed by atoms with Gasteiger partial charge in [0.2, 0.25) is 0 Å². The Bertz CT molecular complexity index is 525. The van der Waals surface area contributed by atoms with Crippen LogP contribution in [0.25, 0.3) is 0 Å². The van der Waals surface area contributed by atoms with E-state index < -0.39 is 6.29 Å². The molecule has 2 unspecified atom stereocenters. The van der Waals surface area contributed by atoms with E-state index in [0.717, 1.165) is 25.7 Å². The van der Waals surface area contributed by atoms with Gasteiger partial charge in [0.25, 0.3) is 0 Å². The van der Waals surface area contributed by atoms with Crippen LogP contribution < -0.4 is 0 Å². The molecule has 5 heteroatoms. The molecule has 4 aliphatic rings. The topological polar surface area (TPSA) is 66.8 Å². The van der Waals surface area contributed by atoms with Gasteiger partial charge in [0, 0.05) is 11.8 Å². The van der Waals surface area contributed by atoms with Gasteiger partial charge < -0.3 is 14.9 Å². The molecule has 3 aliphatic carbocycles. The Morgan fingerprint density at radius 3 is 2.65 bits per heavy atom. The van der Waals surface area contributed by atoms with Crippen LogP contribution in [0.3, 0.4) is 0 Å². The molecule has 23 heavy (non-hydrogen) atoms. The highest BCUT2D eigenvalue weighted by atomic mass is 79.9. The Hall–Kier alpha value is 0.0300. The minimum absolute atomic E-state index is 0.0118. The number of ether oxygens (including phenoxy) is 1. The molecule has 1 saturated heterocycles. The summed E-state index contributed by atoms with van der Waals surface area (Å²) < 4.78 is 5.61. The summed E-state index contributed by atoms with van der Waals surface area (Å²) in [5, 5.41) is 20.8. The fraction of sp³-hybridized carbons (Fsp3) is 0.944. The first-order chi connectivity index (χ1) is 10.8. The first-order valence-corrected chi connectivity index (χ1v) is 9.85. The molecule has 1 aliphatic heterocycles. The molecule has 0 aromatic carbocycles. The monoisotopic (exact) mass is 386 g/mol. The van der Waals surface area contributed by atoms with Gasteiger partial charge in [-0.05, 0) is 54.8 Å². The predicted molar refractivity (Wildman–Crippen MR) is 88.9 cm³/mol. The highest BCUT2D eigenvalue weighted by Crippen LogP contribution is 2.64. The Morgan fingerprint density at radius 1 is 1.17 bits per heavy atom. The zero-order valence-electron chi connectivity index (χ0n) is 13.9. The number of hydrogen-bond acceptors (Lipinski definition) is 4.